The van der Waals surface area contributed by atoms with Gasteiger partial charge in [-0.1, -0.05) is 13.0 Å². The number of nitrogens with zero attached hydrogens (tertiary/aromatic N) is 1. The monoisotopic (exact) mass is 210 g/mol. The minimum absolute atomic E-state index is 0.530. The Labute approximate surface area is 90.6 Å². The summed E-state index contributed by atoms with van der Waals surface area (Å²) in [5.74, 6) is 0.628. The molecule has 1 N–H and O–H groups in total. The summed E-state index contributed by atoms with van der Waals surface area (Å²) in [5.41, 5.74) is 0.894. The van der Waals surface area contributed by atoms with Gasteiger partial charge in [-0.15, -0.1) is 0 Å². The number of rotatable bonds is 7. The number of likely N-dealkylation sites (N-methyl/N-ethyl adjacent to an activating group) is 1. The maximum Gasteiger partial charge on any atom is 0.213 e. The second-order valence-electron chi connectivity index (χ2n) is 3.08. The van der Waals surface area contributed by atoms with Crippen LogP contribution in [0.5, 0.6) is 5.88 Å². The largest absolute Gasteiger partial charge is 0.481 e. The Balaban J connectivity index is 2.24. The molecule has 0 unspecified atom stereocenters. The van der Waals surface area contributed by atoms with Gasteiger partial charge in [-0.05, 0) is 12.6 Å². The van der Waals surface area contributed by atoms with Gasteiger partial charge in [0.2, 0.25) is 5.88 Å². The number of hydrogen-bond donors (Lipinski definition) is 1. The Morgan fingerprint density at radius 1 is 1.40 bits per heavy atom. The lowest BCUT2D eigenvalue weighted by Crippen LogP contribution is -2.18. The molecule has 0 bridgehead atoms. The third-order valence-electron chi connectivity index (χ3n) is 1.91. The van der Waals surface area contributed by atoms with Crippen molar-refractivity contribution >= 4 is 0 Å². The predicted molar refractivity (Wildman–Crippen MR) is 59.0 cm³/mol. The Kier molecular flexibility index (Phi) is 5.73. The predicted octanol–water partition coefficient (Wildman–Crippen LogP) is 1.22. The van der Waals surface area contributed by atoms with Crippen molar-refractivity contribution in [2.45, 2.75) is 13.5 Å². The molecule has 0 aliphatic rings. The zero-order valence-corrected chi connectivity index (χ0v) is 9.32. The molecule has 1 heterocycles. The van der Waals surface area contributed by atoms with Crippen molar-refractivity contribution in [1.29, 1.82) is 0 Å². The van der Waals surface area contributed by atoms with Gasteiger partial charge in [0, 0.05) is 12.6 Å². The third kappa shape index (κ3) is 4.76. The first kappa shape index (κ1) is 11.9. The molecule has 1 aromatic heterocycles. The highest BCUT2D eigenvalue weighted by Gasteiger charge is 1.97. The summed E-state index contributed by atoms with van der Waals surface area (Å²) in [7, 11) is 1.61. The average Bonchev–Trinajstić information content (AvgIpc) is 2.29. The van der Waals surface area contributed by atoms with Crippen molar-refractivity contribution in [2.24, 2.45) is 0 Å². The minimum atomic E-state index is 0.530. The maximum absolute atomic E-state index is 5.44. The van der Waals surface area contributed by atoms with E-state index < -0.39 is 0 Å². The van der Waals surface area contributed by atoms with Crippen LogP contribution in [0.3, 0.4) is 0 Å². The van der Waals surface area contributed by atoms with Crippen molar-refractivity contribution < 1.29 is 9.47 Å². The highest BCUT2D eigenvalue weighted by Crippen LogP contribution is 2.07. The maximum atomic E-state index is 5.44. The molecule has 4 nitrogen and oxygen atoms in total. The van der Waals surface area contributed by atoms with Gasteiger partial charge in [-0.25, -0.2) is 4.98 Å². The van der Waals surface area contributed by atoms with E-state index >= 15 is 0 Å². The first-order valence-electron chi connectivity index (χ1n) is 5.15. The van der Waals surface area contributed by atoms with Gasteiger partial charge in [0.15, 0.2) is 0 Å². The highest BCUT2D eigenvalue weighted by molar-refractivity contribution is 5.14. The first-order chi connectivity index (χ1) is 7.36. The van der Waals surface area contributed by atoms with Gasteiger partial charge in [-0.3, -0.25) is 0 Å². The second kappa shape index (κ2) is 7.20. The van der Waals surface area contributed by atoms with E-state index in [1.165, 1.54) is 0 Å². The van der Waals surface area contributed by atoms with E-state index in [9.17, 15) is 0 Å². The summed E-state index contributed by atoms with van der Waals surface area (Å²) >= 11 is 0. The lowest BCUT2D eigenvalue weighted by molar-refractivity contribution is 0.120. The van der Waals surface area contributed by atoms with Gasteiger partial charge in [0.1, 0.15) is 0 Å². The van der Waals surface area contributed by atoms with Crippen molar-refractivity contribution in [3.8, 4) is 5.88 Å². The molecule has 0 saturated heterocycles. The summed E-state index contributed by atoms with van der Waals surface area (Å²) in [6.07, 6.45) is 0. The summed E-state index contributed by atoms with van der Waals surface area (Å²) in [5, 5.41) is 3.19. The summed E-state index contributed by atoms with van der Waals surface area (Å²) in [6.45, 7) is 5.15. The van der Waals surface area contributed by atoms with Crippen LogP contribution in [0.15, 0.2) is 18.2 Å². The van der Waals surface area contributed by atoms with Crippen LogP contribution < -0.4 is 10.1 Å². The van der Waals surface area contributed by atoms with Gasteiger partial charge >= 0.3 is 0 Å². The SMILES string of the molecule is CCNCCOCc1cccc(OC)n1. The number of pyridine rings is 1. The molecule has 4 heteroatoms. The molecule has 15 heavy (non-hydrogen) atoms. The number of methoxy groups -OCH3 is 1. The lowest BCUT2D eigenvalue weighted by atomic mass is 10.4. The van der Waals surface area contributed by atoms with Crippen LogP contribution in [-0.2, 0) is 11.3 Å². The Hall–Kier alpha value is -1.13. The smallest absolute Gasteiger partial charge is 0.213 e. The molecule has 0 fully saturated rings. The average molecular weight is 210 g/mol. The lowest BCUT2D eigenvalue weighted by Gasteiger charge is -2.05. The fraction of sp³-hybridized carbons (Fsp3) is 0.545. The molecule has 0 aliphatic carbocycles. The Morgan fingerprint density at radius 3 is 3.00 bits per heavy atom. The molecule has 0 amide bonds. The normalized spacial score (nSPS) is 10.3. The van der Waals surface area contributed by atoms with E-state index in [1.807, 2.05) is 18.2 Å². The van der Waals surface area contributed by atoms with Crippen molar-refractivity contribution in [3.05, 3.63) is 23.9 Å². The van der Waals surface area contributed by atoms with Crippen LogP contribution in [0.2, 0.25) is 0 Å². The molecule has 84 valence electrons. The zero-order valence-electron chi connectivity index (χ0n) is 9.32. The number of ether oxygens (including phenoxy) is 2. The van der Waals surface area contributed by atoms with E-state index in [4.69, 9.17) is 9.47 Å². The van der Waals surface area contributed by atoms with Gasteiger partial charge in [-0.2, -0.15) is 0 Å². The summed E-state index contributed by atoms with van der Waals surface area (Å²) < 4.78 is 10.5. The van der Waals surface area contributed by atoms with E-state index in [-0.39, 0.29) is 0 Å². The Morgan fingerprint density at radius 2 is 2.27 bits per heavy atom. The highest BCUT2D eigenvalue weighted by atomic mass is 16.5. The molecule has 0 spiro atoms. The molecule has 0 atom stereocenters. The molecule has 1 aromatic rings. The standard InChI is InChI=1S/C11H18N2O2/c1-3-12-7-8-15-9-10-5-4-6-11(13-10)14-2/h4-6,12H,3,7-9H2,1-2H3. The minimum Gasteiger partial charge on any atom is -0.481 e. The van der Waals surface area contributed by atoms with E-state index in [0.717, 1.165) is 18.8 Å². The number of nitrogens with one attached hydrogen (secondary N) is 1. The topological polar surface area (TPSA) is 43.4 Å². The molecule has 0 aliphatic heterocycles. The van der Waals surface area contributed by atoms with E-state index in [0.29, 0.717) is 19.1 Å². The van der Waals surface area contributed by atoms with Crippen LogP contribution >= 0.6 is 0 Å². The third-order valence-corrected chi connectivity index (χ3v) is 1.91. The molecule has 1 rings (SSSR count). The fourth-order valence-electron chi connectivity index (χ4n) is 1.15. The van der Waals surface area contributed by atoms with Crippen molar-refractivity contribution in [1.82, 2.24) is 10.3 Å². The molecule has 0 radical (unpaired) electrons. The van der Waals surface area contributed by atoms with Gasteiger partial charge in [0.25, 0.3) is 0 Å². The van der Waals surface area contributed by atoms with Crippen LogP contribution in [0.1, 0.15) is 12.6 Å². The zero-order chi connectivity index (χ0) is 10.9. The summed E-state index contributed by atoms with van der Waals surface area (Å²) in [4.78, 5) is 4.24. The van der Waals surface area contributed by atoms with Crippen molar-refractivity contribution in [2.75, 3.05) is 26.8 Å². The van der Waals surface area contributed by atoms with Crippen molar-refractivity contribution in [3.63, 3.8) is 0 Å². The summed E-state index contributed by atoms with van der Waals surface area (Å²) in [6, 6.07) is 5.66. The Bertz CT molecular complexity index is 279. The van der Waals surface area contributed by atoms with Crippen LogP contribution in [-0.4, -0.2) is 31.8 Å². The molecule has 0 saturated carbocycles. The number of hydrogen-bond acceptors (Lipinski definition) is 4. The van der Waals surface area contributed by atoms with Gasteiger partial charge < -0.3 is 14.8 Å². The fourth-order valence-corrected chi connectivity index (χ4v) is 1.15. The van der Waals surface area contributed by atoms with E-state index in [2.05, 4.69) is 17.2 Å². The van der Waals surface area contributed by atoms with Crippen LogP contribution in [0, 0.1) is 0 Å². The second-order valence-corrected chi connectivity index (χ2v) is 3.08. The van der Waals surface area contributed by atoms with E-state index in [1.54, 1.807) is 7.11 Å². The first-order valence-corrected chi connectivity index (χ1v) is 5.15. The number of aromatic nitrogens is 1. The van der Waals surface area contributed by atoms with Crippen LogP contribution in [0.4, 0.5) is 0 Å². The van der Waals surface area contributed by atoms with Gasteiger partial charge in [0.05, 0.1) is 26.0 Å². The molecule has 0 aromatic carbocycles. The molecular weight excluding hydrogens is 192 g/mol. The quantitative estimate of drug-likeness (QED) is 0.687. The molecular formula is C11H18N2O2. The van der Waals surface area contributed by atoms with Crippen LogP contribution in [0.25, 0.3) is 0 Å².